The molecule has 8 aromatic carbocycles. The van der Waals surface area contributed by atoms with Crippen LogP contribution in [0.25, 0.3) is 61.5 Å². The Bertz CT molecular complexity index is 2810. The van der Waals surface area contributed by atoms with Gasteiger partial charge in [0, 0.05) is 33.7 Å². The molecule has 0 radical (unpaired) electrons. The average molecular weight is 706 g/mol. The molecule has 0 saturated heterocycles. The van der Waals surface area contributed by atoms with Crippen molar-refractivity contribution in [2.45, 2.75) is 19.3 Å². The highest BCUT2D eigenvalue weighted by atomic mass is 15.1. The van der Waals surface area contributed by atoms with Gasteiger partial charge in [-0.05, 0) is 105 Å². The van der Waals surface area contributed by atoms with Crippen LogP contribution in [0.15, 0.2) is 200 Å². The van der Waals surface area contributed by atoms with Crippen LogP contribution >= 0.6 is 0 Å². The number of imidazole rings is 1. The maximum atomic E-state index is 5.10. The van der Waals surface area contributed by atoms with E-state index in [4.69, 9.17) is 4.98 Å². The molecule has 55 heavy (non-hydrogen) atoms. The van der Waals surface area contributed by atoms with Gasteiger partial charge in [-0.25, -0.2) is 4.98 Å². The predicted octanol–water partition coefficient (Wildman–Crippen LogP) is 13.8. The number of para-hydroxylation sites is 3. The van der Waals surface area contributed by atoms with E-state index in [9.17, 15) is 0 Å². The van der Waals surface area contributed by atoms with Crippen molar-refractivity contribution >= 4 is 28.1 Å². The zero-order chi connectivity index (χ0) is 36.9. The van der Waals surface area contributed by atoms with Gasteiger partial charge in [-0.3, -0.25) is 4.57 Å². The topological polar surface area (TPSA) is 21.1 Å². The fourth-order valence-corrected chi connectivity index (χ4v) is 8.41. The van der Waals surface area contributed by atoms with Gasteiger partial charge in [-0.2, -0.15) is 0 Å². The molecule has 1 aliphatic carbocycles. The number of fused-ring (bicyclic) bond motifs is 4. The molecule has 1 aromatic heterocycles. The number of rotatable bonds is 7. The maximum absolute atomic E-state index is 5.10. The molecule has 262 valence electrons. The van der Waals surface area contributed by atoms with Crippen LogP contribution in [-0.4, -0.2) is 9.55 Å². The molecule has 0 amide bonds. The summed E-state index contributed by atoms with van der Waals surface area (Å²) in [6.45, 7) is 4.69. The van der Waals surface area contributed by atoms with Gasteiger partial charge < -0.3 is 4.90 Å². The van der Waals surface area contributed by atoms with Crippen molar-refractivity contribution in [2.75, 3.05) is 4.90 Å². The first-order chi connectivity index (χ1) is 27.0. The lowest BCUT2D eigenvalue weighted by Gasteiger charge is -2.28. The Morgan fingerprint density at radius 3 is 1.78 bits per heavy atom. The van der Waals surface area contributed by atoms with Crippen molar-refractivity contribution in [3.8, 4) is 50.5 Å². The van der Waals surface area contributed by atoms with Crippen LogP contribution in [0.2, 0.25) is 0 Å². The molecule has 0 atom stereocenters. The zero-order valence-corrected chi connectivity index (χ0v) is 30.9. The summed E-state index contributed by atoms with van der Waals surface area (Å²) in [6, 6.07) is 72.0. The molecule has 3 nitrogen and oxygen atoms in total. The Morgan fingerprint density at radius 2 is 0.982 bits per heavy atom. The standard InChI is InChI=1S/C52H39N3/c1-52(2)47-21-10-9-20-45(47)46-33-32-44(35-48(46)52)54(42-30-28-37(29-31-42)36-14-5-3-6-15-36)43-19-13-16-40(34-43)38-24-26-39(27-25-38)51-53-49-22-11-12-23-50(49)55(51)41-17-7-4-8-18-41/h3-35H,1-2H3. The van der Waals surface area contributed by atoms with Gasteiger partial charge in [0.15, 0.2) is 0 Å². The third kappa shape index (κ3) is 5.64. The highest BCUT2D eigenvalue weighted by Crippen LogP contribution is 2.50. The molecule has 0 fully saturated rings. The molecule has 1 aliphatic rings. The predicted molar refractivity (Wildman–Crippen MR) is 230 cm³/mol. The van der Waals surface area contributed by atoms with Crippen LogP contribution in [0.1, 0.15) is 25.0 Å². The van der Waals surface area contributed by atoms with E-state index < -0.39 is 0 Å². The molecule has 0 spiro atoms. The molecule has 0 unspecified atom stereocenters. The smallest absolute Gasteiger partial charge is 0.145 e. The summed E-state index contributed by atoms with van der Waals surface area (Å²) in [5.74, 6) is 0.930. The maximum Gasteiger partial charge on any atom is 0.145 e. The van der Waals surface area contributed by atoms with Crippen molar-refractivity contribution in [3.05, 3.63) is 211 Å². The molecular weight excluding hydrogens is 667 g/mol. The first-order valence-corrected chi connectivity index (χ1v) is 19.0. The van der Waals surface area contributed by atoms with E-state index in [1.54, 1.807) is 0 Å². The van der Waals surface area contributed by atoms with E-state index in [0.717, 1.165) is 56.3 Å². The molecular formula is C52H39N3. The van der Waals surface area contributed by atoms with Crippen molar-refractivity contribution in [2.24, 2.45) is 0 Å². The lowest BCUT2D eigenvalue weighted by atomic mass is 9.82. The Hall–Kier alpha value is -6.97. The fourth-order valence-electron chi connectivity index (χ4n) is 8.41. The highest BCUT2D eigenvalue weighted by Gasteiger charge is 2.35. The number of nitrogens with zero attached hydrogens (tertiary/aromatic N) is 3. The highest BCUT2D eigenvalue weighted by molar-refractivity contribution is 5.87. The van der Waals surface area contributed by atoms with Crippen molar-refractivity contribution in [1.82, 2.24) is 9.55 Å². The Kier molecular flexibility index (Phi) is 7.81. The van der Waals surface area contributed by atoms with Gasteiger partial charge in [0.1, 0.15) is 5.82 Å². The molecule has 0 saturated carbocycles. The lowest BCUT2D eigenvalue weighted by Crippen LogP contribution is -2.16. The largest absolute Gasteiger partial charge is 0.310 e. The summed E-state index contributed by atoms with van der Waals surface area (Å²) >= 11 is 0. The Balaban J connectivity index is 1.05. The minimum absolute atomic E-state index is 0.102. The normalized spacial score (nSPS) is 12.7. The van der Waals surface area contributed by atoms with Crippen LogP contribution in [0, 0.1) is 0 Å². The Morgan fingerprint density at radius 1 is 0.418 bits per heavy atom. The van der Waals surface area contributed by atoms with Gasteiger partial charge in [0.2, 0.25) is 0 Å². The lowest BCUT2D eigenvalue weighted by molar-refractivity contribution is 0.660. The average Bonchev–Trinajstić information content (AvgIpc) is 3.74. The minimum Gasteiger partial charge on any atom is -0.310 e. The van der Waals surface area contributed by atoms with E-state index in [-0.39, 0.29) is 5.41 Å². The monoisotopic (exact) mass is 705 g/mol. The molecule has 0 bridgehead atoms. The summed E-state index contributed by atoms with van der Waals surface area (Å²) < 4.78 is 2.25. The molecule has 0 aliphatic heterocycles. The van der Waals surface area contributed by atoms with Crippen molar-refractivity contribution in [3.63, 3.8) is 0 Å². The molecule has 1 heterocycles. The summed E-state index contributed by atoms with van der Waals surface area (Å²) in [4.78, 5) is 7.49. The second-order valence-corrected chi connectivity index (χ2v) is 14.9. The van der Waals surface area contributed by atoms with Gasteiger partial charge in [-0.15, -0.1) is 0 Å². The summed E-state index contributed by atoms with van der Waals surface area (Å²) in [5, 5.41) is 0. The van der Waals surface area contributed by atoms with E-state index in [1.165, 1.54) is 33.4 Å². The number of hydrogen-bond donors (Lipinski definition) is 0. The first-order valence-electron chi connectivity index (χ1n) is 19.0. The van der Waals surface area contributed by atoms with Gasteiger partial charge >= 0.3 is 0 Å². The van der Waals surface area contributed by atoms with Crippen LogP contribution in [0.3, 0.4) is 0 Å². The third-order valence-corrected chi connectivity index (χ3v) is 11.2. The van der Waals surface area contributed by atoms with E-state index in [2.05, 4.69) is 217 Å². The third-order valence-electron chi connectivity index (χ3n) is 11.2. The molecule has 0 N–H and O–H groups in total. The molecule has 10 rings (SSSR count). The summed E-state index contributed by atoms with van der Waals surface area (Å²) in [7, 11) is 0. The van der Waals surface area contributed by atoms with E-state index in [0.29, 0.717) is 0 Å². The number of aromatic nitrogens is 2. The van der Waals surface area contributed by atoms with Crippen molar-refractivity contribution in [1.29, 1.82) is 0 Å². The second kappa shape index (κ2) is 13.2. The van der Waals surface area contributed by atoms with Gasteiger partial charge in [-0.1, -0.05) is 153 Å². The molecule has 3 heteroatoms. The van der Waals surface area contributed by atoms with E-state index >= 15 is 0 Å². The van der Waals surface area contributed by atoms with Crippen LogP contribution < -0.4 is 4.90 Å². The van der Waals surface area contributed by atoms with Crippen molar-refractivity contribution < 1.29 is 0 Å². The number of hydrogen-bond acceptors (Lipinski definition) is 2. The zero-order valence-electron chi connectivity index (χ0n) is 30.9. The van der Waals surface area contributed by atoms with Crippen LogP contribution in [0.4, 0.5) is 17.1 Å². The van der Waals surface area contributed by atoms with Gasteiger partial charge in [0.05, 0.1) is 11.0 Å². The Labute approximate surface area is 322 Å². The second-order valence-electron chi connectivity index (χ2n) is 14.9. The molecule has 9 aromatic rings. The van der Waals surface area contributed by atoms with Crippen LogP contribution in [0.5, 0.6) is 0 Å². The van der Waals surface area contributed by atoms with Gasteiger partial charge in [0.25, 0.3) is 0 Å². The first kappa shape index (κ1) is 32.7. The summed E-state index contributed by atoms with van der Waals surface area (Å²) in [6.07, 6.45) is 0. The number of benzene rings is 8. The fraction of sp³-hybridized carbons (Fsp3) is 0.0577. The van der Waals surface area contributed by atoms with E-state index in [1.807, 2.05) is 6.07 Å². The minimum atomic E-state index is -0.102. The number of anilines is 3. The SMILES string of the molecule is CC1(C)c2ccccc2-c2ccc(N(c3ccc(-c4ccccc4)cc3)c3cccc(-c4ccc(-c5nc6ccccc6n5-c5ccccc5)cc4)c3)cc21. The van der Waals surface area contributed by atoms with Crippen LogP contribution in [-0.2, 0) is 5.41 Å². The quantitative estimate of drug-likeness (QED) is 0.165. The summed E-state index contributed by atoms with van der Waals surface area (Å²) in [5.41, 5.74) is 17.6.